The number of hydrogen-bond acceptors (Lipinski definition) is 6. The molecule has 13 heteroatoms. The lowest BCUT2D eigenvalue weighted by Crippen LogP contribution is -2.50. The van der Waals surface area contributed by atoms with Crippen LogP contribution in [0, 0.1) is 5.82 Å². The zero-order valence-electron chi connectivity index (χ0n) is 17.7. The van der Waals surface area contributed by atoms with Crippen LogP contribution in [0.1, 0.15) is 0 Å². The molecule has 0 saturated carbocycles. The van der Waals surface area contributed by atoms with Gasteiger partial charge in [0.2, 0.25) is 5.82 Å². The van der Waals surface area contributed by atoms with Crippen molar-refractivity contribution in [3.05, 3.63) is 82.6 Å². The van der Waals surface area contributed by atoms with Crippen molar-refractivity contribution in [3.63, 3.8) is 0 Å². The molecule has 0 spiro atoms. The Morgan fingerprint density at radius 3 is 2.66 bits per heavy atom. The van der Waals surface area contributed by atoms with Gasteiger partial charge in [-0.3, -0.25) is 10.2 Å². The molecule has 0 aliphatic carbocycles. The van der Waals surface area contributed by atoms with Crippen LogP contribution in [0.5, 0.6) is 11.5 Å². The summed E-state index contributed by atoms with van der Waals surface area (Å²) in [5.74, 6) is -0.0448. The summed E-state index contributed by atoms with van der Waals surface area (Å²) in [6.45, 7) is -0.312. The Hall–Kier alpha value is -3.80. The first-order valence-electron chi connectivity index (χ1n) is 9.95. The monoisotopic (exact) mass is 531 g/mol. The van der Waals surface area contributed by atoms with E-state index in [1.165, 1.54) is 24.3 Å². The molecule has 0 radical (unpaired) electrons. The Balaban J connectivity index is 1.50. The average molecular weight is 532 g/mol. The van der Waals surface area contributed by atoms with Crippen LogP contribution in [0.3, 0.4) is 0 Å². The van der Waals surface area contributed by atoms with E-state index in [0.717, 1.165) is 9.81 Å². The molecule has 0 fully saturated rings. The molecule has 0 bridgehead atoms. The Labute approximate surface area is 214 Å². The third-order valence-corrected chi connectivity index (χ3v) is 5.22. The predicted octanol–water partition coefficient (Wildman–Crippen LogP) is 4.36. The third-order valence-electron chi connectivity index (χ3n) is 4.50. The second-order valence-corrected chi connectivity index (χ2v) is 8.27. The minimum absolute atomic E-state index is 0.178. The van der Waals surface area contributed by atoms with Gasteiger partial charge in [0, 0.05) is 5.02 Å². The summed E-state index contributed by atoms with van der Waals surface area (Å²) in [6, 6.07) is 17.3. The number of carbonyl (C=O) groups is 1. The molecule has 4 aromatic rings. The first-order chi connectivity index (χ1) is 16.8. The van der Waals surface area contributed by atoms with Gasteiger partial charge in [-0.15, -0.1) is 10.2 Å². The minimum Gasteiger partial charge on any atom is -0.455 e. The van der Waals surface area contributed by atoms with Crippen molar-refractivity contribution in [2.75, 3.05) is 5.01 Å². The summed E-state index contributed by atoms with van der Waals surface area (Å²) in [5.41, 5.74) is 8.95. The van der Waals surface area contributed by atoms with Gasteiger partial charge in [-0.25, -0.2) is 9.40 Å². The van der Waals surface area contributed by atoms with Crippen LogP contribution in [0.25, 0.3) is 11.4 Å². The molecular weight excluding hydrogens is 516 g/mol. The number of benzene rings is 3. The van der Waals surface area contributed by atoms with E-state index in [0.29, 0.717) is 27.1 Å². The van der Waals surface area contributed by atoms with Crippen molar-refractivity contribution in [2.45, 2.75) is 6.54 Å². The summed E-state index contributed by atoms with van der Waals surface area (Å²) in [4.78, 5) is 13.6. The zero-order chi connectivity index (χ0) is 24.9. The number of nitrogens with one attached hydrogen (secondary N) is 1. The number of nitrogens with two attached hydrogens (primary N) is 1. The smallest absolute Gasteiger partial charge is 0.262 e. The van der Waals surface area contributed by atoms with Crippen LogP contribution >= 0.6 is 35.4 Å². The first-order valence-corrected chi connectivity index (χ1v) is 11.1. The quantitative estimate of drug-likeness (QED) is 0.279. The van der Waals surface area contributed by atoms with Crippen LogP contribution in [0.2, 0.25) is 10.0 Å². The van der Waals surface area contributed by atoms with Gasteiger partial charge in [-0.1, -0.05) is 41.4 Å². The summed E-state index contributed by atoms with van der Waals surface area (Å²) in [5, 5.41) is 13.9. The molecule has 35 heavy (non-hydrogen) atoms. The van der Waals surface area contributed by atoms with E-state index < -0.39 is 11.7 Å². The number of rotatable bonds is 6. The Morgan fingerprint density at radius 2 is 1.91 bits per heavy atom. The van der Waals surface area contributed by atoms with Gasteiger partial charge >= 0.3 is 0 Å². The molecule has 0 atom stereocenters. The summed E-state index contributed by atoms with van der Waals surface area (Å²) in [7, 11) is 0. The number of aromatic nitrogens is 4. The van der Waals surface area contributed by atoms with Crippen LogP contribution in [0.4, 0.5) is 10.1 Å². The van der Waals surface area contributed by atoms with Crippen molar-refractivity contribution in [2.24, 2.45) is 5.73 Å². The maximum absolute atomic E-state index is 13.6. The van der Waals surface area contributed by atoms with Crippen molar-refractivity contribution in [3.8, 4) is 22.9 Å². The van der Waals surface area contributed by atoms with E-state index in [9.17, 15) is 9.18 Å². The number of carbonyl (C=O) groups excluding carboxylic acids is 1. The number of hydrazine groups is 1. The lowest BCUT2D eigenvalue weighted by atomic mass is 10.2. The molecule has 0 aliphatic heterocycles. The van der Waals surface area contributed by atoms with E-state index in [-0.39, 0.29) is 23.2 Å². The van der Waals surface area contributed by atoms with Crippen molar-refractivity contribution >= 4 is 52.1 Å². The Morgan fingerprint density at radius 1 is 1.11 bits per heavy atom. The summed E-state index contributed by atoms with van der Waals surface area (Å²) >= 11 is 17.1. The molecule has 1 aromatic heterocycles. The lowest BCUT2D eigenvalue weighted by Gasteiger charge is -2.23. The SMILES string of the molecule is NC(=S)N(NC(=O)Cn1nnc(-c2ccccc2Oc2ccc(Cl)cc2Cl)n1)c1cccc(F)c1. The van der Waals surface area contributed by atoms with E-state index in [1.807, 2.05) is 0 Å². The highest BCUT2D eigenvalue weighted by molar-refractivity contribution is 7.80. The number of hydrogen-bond donors (Lipinski definition) is 2. The Bertz CT molecular complexity index is 1400. The van der Waals surface area contributed by atoms with Gasteiger partial charge in [0.25, 0.3) is 5.91 Å². The topological polar surface area (TPSA) is 111 Å². The highest BCUT2D eigenvalue weighted by Crippen LogP contribution is 2.35. The van der Waals surface area contributed by atoms with Crippen LogP contribution in [0.15, 0.2) is 66.7 Å². The van der Waals surface area contributed by atoms with Gasteiger partial charge in [-0.2, -0.15) is 4.80 Å². The normalized spacial score (nSPS) is 10.6. The standard InChI is InChI=1S/C22H16Cl2FN7O2S/c23-13-8-9-19(17(24)10-13)34-18-7-2-1-6-16(18)21-27-30-31(29-21)12-20(33)28-32(22(26)35)15-5-3-4-14(25)11-15/h1-11H,12H2,(H2,26,35)(H,28,33). The van der Waals surface area contributed by atoms with Gasteiger partial charge in [-0.05, 0) is 66.0 Å². The maximum atomic E-state index is 13.6. The number of halogens is 3. The molecular formula is C22H16Cl2FN7O2S. The van der Waals surface area contributed by atoms with Crippen LogP contribution in [-0.2, 0) is 11.3 Å². The third kappa shape index (κ3) is 6.01. The first kappa shape index (κ1) is 24.3. The van der Waals surface area contributed by atoms with Gasteiger partial charge in [0.1, 0.15) is 23.9 Å². The van der Waals surface area contributed by atoms with Crippen molar-refractivity contribution in [1.29, 1.82) is 0 Å². The lowest BCUT2D eigenvalue weighted by molar-refractivity contribution is -0.122. The van der Waals surface area contributed by atoms with E-state index in [1.54, 1.807) is 42.5 Å². The molecule has 1 heterocycles. The van der Waals surface area contributed by atoms with E-state index in [2.05, 4.69) is 20.8 Å². The summed E-state index contributed by atoms with van der Waals surface area (Å²) in [6.07, 6.45) is 0. The molecule has 3 N–H and O–H groups in total. The second-order valence-electron chi connectivity index (χ2n) is 7.00. The molecule has 0 saturated heterocycles. The molecule has 0 aliphatic rings. The molecule has 0 unspecified atom stereocenters. The molecule has 9 nitrogen and oxygen atoms in total. The molecule has 4 rings (SSSR count). The molecule has 178 valence electrons. The van der Waals surface area contributed by atoms with Crippen molar-refractivity contribution < 1.29 is 13.9 Å². The number of nitrogens with zero attached hydrogens (tertiary/aromatic N) is 5. The second kappa shape index (κ2) is 10.6. The van der Waals surface area contributed by atoms with Crippen LogP contribution in [-0.4, -0.2) is 31.2 Å². The number of para-hydroxylation sites is 1. The number of thiocarbonyl (C=S) groups is 1. The van der Waals surface area contributed by atoms with E-state index in [4.69, 9.17) is 45.9 Å². The fourth-order valence-corrected chi connectivity index (χ4v) is 3.58. The fraction of sp³-hybridized carbons (Fsp3) is 0.0455. The fourth-order valence-electron chi connectivity index (χ4n) is 2.99. The van der Waals surface area contributed by atoms with Gasteiger partial charge in [0.05, 0.1) is 16.3 Å². The van der Waals surface area contributed by atoms with E-state index >= 15 is 0 Å². The molecule has 1 amide bonds. The van der Waals surface area contributed by atoms with Crippen LogP contribution < -0.4 is 20.9 Å². The zero-order valence-corrected chi connectivity index (χ0v) is 20.1. The summed E-state index contributed by atoms with van der Waals surface area (Å²) < 4.78 is 19.5. The maximum Gasteiger partial charge on any atom is 0.262 e. The van der Waals surface area contributed by atoms with Crippen molar-refractivity contribution in [1.82, 2.24) is 25.6 Å². The highest BCUT2D eigenvalue weighted by atomic mass is 35.5. The number of tetrazole rings is 1. The Kier molecular flexibility index (Phi) is 7.39. The van der Waals surface area contributed by atoms with Gasteiger partial charge < -0.3 is 10.5 Å². The predicted molar refractivity (Wildman–Crippen MR) is 134 cm³/mol. The van der Waals surface area contributed by atoms with Gasteiger partial charge in [0.15, 0.2) is 5.11 Å². The highest BCUT2D eigenvalue weighted by Gasteiger charge is 2.17. The largest absolute Gasteiger partial charge is 0.455 e. The number of anilines is 1. The molecule has 3 aromatic carbocycles. The minimum atomic E-state index is -0.566. The number of ether oxygens (including phenoxy) is 1. The average Bonchev–Trinajstić information content (AvgIpc) is 3.27. The number of amides is 1.